The van der Waals surface area contributed by atoms with E-state index >= 15 is 0 Å². The van der Waals surface area contributed by atoms with E-state index in [0.29, 0.717) is 31.8 Å². The molecule has 2 aromatic heterocycles. The van der Waals surface area contributed by atoms with E-state index in [9.17, 15) is 9.18 Å². The minimum absolute atomic E-state index is 0.259. The van der Waals surface area contributed by atoms with Crippen LogP contribution in [0, 0.1) is 5.82 Å². The number of nitrogens with two attached hydrogens (primary N) is 1. The summed E-state index contributed by atoms with van der Waals surface area (Å²) in [5, 5.41) is 4.20. The number of ether oxygens (including phenoxy) is 1. The number of aromatic nitrogens is 2. The van der Waals surface area contributed by atoms with Crippen molar-refractivity contribution in [1.29, 1.82) is 0 Å². The number of nitrogens with zero attached hydrogens (tertiary/aromatic N) is 2. The van der Waals surface area contributed by atoms with Crippen LogP contribution in [0.15, 0.2) is 29.4 Å². The molecule has 3 aromatic rings. The fourth-order valence-corrected chi connectivity index (χ4v) is 3.61. The number of hydrogen-bond donors (Lipinski definition) is 2. The number of halogens is 1. The van der Waals surface area contributed by atoms with Gasteiger partial charge in [-0.15, -0.1) is 11.3 Å². The molecular weight excluding hydrogens is 363 g/mol. The highest BCUT2D eigenvalue weighted by molar-refractivity contribution is 7.98. The summed E-state index contributed by atoms with van der Waals surface area (Å²) >= 11 is 2.54. The Morgan fingerprint density at radius 2 is 2.08 bits per heavy atom. The van der Waals surface area contributed by atoms with Gasteiger partial charge < -0.3 is 15.8 Å². The van der Waals surface area contributed by atoms with Crippen molar-refractivity contribution >= 4 is 56.5 Å². The summed E-state index contributed by atoms with van der Waals surface area (Å²) in [7, 11) is 0. The average molecular weight is 378 g/mol. The highest BCUT2D eigenvalue weighted by atomic mass is 32.2. The van der Waals surface area contributed by atoms with Crippen LogP contribution in [-0.2, 0) is 4.74 Å². The maximum atomic E-state index is 13.1. The van der Waals surface area contributed by atoms with Crippen LogP contribution in [0.3, 0.4) is 0 Å². The lowest BCUT2D eigenvalue weighted by Gasteiger charge is -2.09. The second kappa shape index (κ2) is 7.24. The average Bonchev–Trinajstić information content (AvgIpc) is 2.94. The Kier molecular flexibility index (Phi) is 5.05. The Morgan fingerprint density at radius 3 is 2.72 bits per heavy atom. The van der Waals surface area contributed by atoms with Crippen LogP contribution in [0.2, 0.25) is 0 Å². The van der Waals surface area contributed by atoms with Crippen molar-refractivity contribution in [3.8, 4) is 0 Å². The number of nitrogen functional groups attached to an aromatic ring is 1. The summed E-state index contributed by atoms with van der Waals surface area (Å²) in [6.07, 6.45) is 1.85. The number of nitrogens with one attached hydrogen (secondary N) is 1. The van der Waals surface area contributed by atoms with E-state index in [0.717, 1.165) is 11.3 Å². The second-order valence-corrected chi connectivity index (χ2v) is 6.71. The van der Waals surface area contributed by atoms with Gasteiger partial charge >= 0.3 is 5.97 Å². The van der Waals surface area contributed by atoms with Gasteiger partial charge in [-0.25, -0.2) is 19.2 Å². The largest absolute Gasteiger partial charge is 0.462 e. The standard InChI is InChI=1S/C16H15FN4O2S2/c1-3-23-15(22)12-11(18)10-13(19-9-6-4-8(17)5-7-9)20-16(24-2)21-14(10)25-12/h4-7H,3,18H2,1-2H3,(H,19,20,21). The number of carbonyl (C=O) groups is 1. The number of thiophene rings is 1. The fraction of sp³-hybridized carbons (Fsp3) is 0.188. The number of anilines is 3. The molecule has 0 aliphatic carbocycles. The molecule has 0 amide bonds. The number of fused-ring (bicyclic) bond motifs is 1. The molecule has 0 unspecified atom stereocenters. The van der Waals surface area contributed by atoms with Crippen molar-refractivity contribution in [2.24, 2.45) is 0 Å². The van der Waals surface area contributed by atoms with E-state index in [4.69, 9.17) is 10.5 Å². The molecule has 0 spiro atoms. The minimum Gasteiger partial charge on any atom is -0.462 e. The van der Waals surface area contributed by atoms with Crippen LogP contribution in [-0.4, -0.2) is 28.8 Å². The molecule has 0 saturated heterocycles. The molecular formula is C16H15FN4O2S2. The third kappa shape index (κ3) is 3.52. The number of carbonyl (C=O) groups excluding carboxylic acids is 1. The van der Waals surface area contributed by atoms with Crippen molar-refractivity contribution < 1.29 is 13.9 Å². The van der Waals surface area contributed by atoms with E-state index in [1.807, 2.05) is 6.26 Å². The molecule has 1 aromatic carbocycles. The summed E-state index contributed by atoms with van der Waals surface area (Å²) in [6, 6.07) is 5.88. The van der Waals surface area contributed by atoms with Crippen LogP contribution >= 0.6 is 23.1 Å². The lowest BCUT2D eigenvalue weighted by atomic mass is 10.2. The summed E-state index contributed by atoms with van der Waals surface area (Å²) in [5.74, 6) is -0.352. The van der Waals surface area contributed by atoms with Gasteiger partial charge in [-0.2, -0.15) is 0 Å². The molecule has 6 nitrogen and oxygen atoms in total. The zero-order valence-corrected chi connectivity index (χ0v) is 15.1. The van der Waals surface area contributed by atoms with Gasteiger partial charge in [-0.1, -0.05) is 11.8 Å². The van der Waals surface area contributed by atoms with Gasteiger partial charge in [0.2, 0.25) is 0 Å². The zero-order chi connectivity index (χ0) is 18.0. The Labute approximate surface area is 151 Å². The SMILES string of the molecule is CCOC(=O)c1sc2nc(SC)nc(Nc3ccc(F)cc3)c2c1N. The van der Waals surface area contributed by atoms with Gasteiger partial charge in [0.15, 0.2) is 5.16 Å². The van der Waals surface area contributed by atoms with Gasteiger partial charge in [0.1, 0.15) is 21.3 Å². The Balaban J connectivity index is 2.12. The van der Waals surface area contributed by atoms with E-state index in [1.165, 1.54) is 23.9 Å². The van der Waals surface area contributed by atoms with Crippen molar-refractivity contribution in [2.75, 3.05) is 23.9 Å². The second-order valence-electron chi connectivity index (χ2n) is 4.94. The number of rotatable bonds is 5. The molecule has 3 N–H and O–H groups in total. The summed E-state index contributed by atoms with van der Waals surface area (Å²) < 4.78 is 18.1. The topological polar surface area (TPSA) is 90.1 Å². The van der Waals surface area contributed by atoms with E-state index in [-0.39, 0.29) is 18.1 Å². The first-order valence-corrected chi connectivity index (χ1v) is 9.41. The van der Waals surface area contributed by atoms with E-state index in [2.05, 4.69) is 15.3 Å². The first kappa shape index (κ1) is 17.4. The maximum absolute atomic E-state index is 13.1. The molecule has 3 rings (SSSR count). The molecule has 2 heterocycles. The van der Waals surface area contributed by atoms with Crippen molar-refractivity contribution in [1.82, 2.24) is 9.97 Å². The predicted molar refractivity (Wildman–Crippen MR) is 99.2 cm³/mol. The van der Waals surface area contributed by atoms with Crippen molar-refractivity contribution in [2.45, 2.75) is 12.1 Å². The molecule has 0 aliphatic rings. The first-order chi connectivity index (χ1) is 12.0. The third-order valence-corrected chi connectivity index (χ3v) is 4.95. The van der Waals surface area contributed by atoms with Crippen molar-refractivity contribution in [3.63, 3.8) is 0 Å². The Bertz CT molecular complexity index is 928. The molecule has 130 valence electrons. The quantitative estimate of drug-likeness (QED) is 0.393. The number of esters is 1. The normalized spacial score (nSPS) is 10.8. The lowest BCUT2D eigenvalue weighted by molar-refractivity contribution is 0.0533. The molecule has 0 aliphatic heterocycles. The minimum atomic E-state index is -0.485. The number of benzene rings is 1. The first-order valence-electron chi connectivity index (χ1n) is 7.37. The van der Waals surface area contributed by atoms with Crippen LogP contribution in [0.1, 0.15) is 16.6 Å². The molecule has 0 atom stereocenters. The summed E-state index contributed by atoms with van der Waals surface area (Å²) in [6.45, 7) is 1.99. The summed E-state index contributed by atoms with van der Waals surface area (Å²) in [4.78, 5) is 21.8. The van der Waals surface area contributed by atoms with Gasteiger partial charge in [0, 0.05) is 5.69 Å². The van der Waals surface area contributed by atoms with E-state index in [1.54, 1.807) is 19.1 Å². The van der Waals surface area contributed by atoms with Crippen molar-refractivity contribution in [3.05, 3.63) is 35.0 Å². The van der Waals surface area contributed by atoms with Gasteiger partial charge in [-0.05, 0) is 37.4 Å². The number of thioether (sulfide) groups is 1. The van der Waals surface area contributed by atoms with E-state index < -0.39 is 5.97 Å². The molecule has 0 bridgehead atoms. The molecule has 25 heavy (non-hydrogen) atoms. The predicted octanol–water partition coefficient (Wildman–Crippen LogP) is 4.05. The smallest absolute Gasteiger partial charge is 0.350 e. The van der Waals surface area contributed by atoms with Crippen LogP contribution in [0.25, 0.3) is 10.2 Å². The highest BCUT2D eigenvalue weighted by Crippen LogP contribution is 2.38. The van der Waals surface area contributed by atoms with Gasteiger partial charge in [-0.3, -0.25) is 0 Å². The summed E-state index contributed by atoms with van der Waals surface area (Å²) in [5.41, 5.74) is 7.09. The fourth-order valence-electron chi connectivity index (χ4n) is 2.20. The Hall–Kier alpha value is -2.39. The monoisotopic (exact) mass is 378 g/mol. The Morgan fingerprint density at radius 1 is 1.36 bits per heavy atom. The zero-order valence-electron chi connectivity index (χ0n) is 13.5. The maximum Gasteiger partial charge on any atom is 0.350 e. The molecule has 9 heteroatoms. The third-order valence-electron chi connectivity index (χ3n) is 3.32. The van der Waals surface area contributed by atoms with Gasteiger partial charge in [0.25, 0.3) is 0 Å². The van der Waals surface area contributed by atoms with Gasteiger partial charge in [0.05, 0.1) is 17.7 Å². The molecule has 0 fully saturated rings. The van der Waals surface area contributed by atoms with Crippen LogP contribution in [0.4, 0.5) is 21.6 Å². The number of hydrogen-bond acceptors (Lipinski definition) is 8. The van der Waals surface area contributed by atoms with Crippen LogP contribution < -0.4 is 11.1 Å². The molecule has 0 radical (unpaired) electrons. The van der Waals surface area contributed by atoms with Crippen LogP contribution in [0.5, 0.6) is 0 Å². The lowest BCUT2D eigenvalue weighted by Crippen LogP contribution is -2.05. The highest BCUT2D eigenvalue weighted by Gasteiger charge is 2.22. The molecule has 0 saturated carbocycles.